The molecule has 20 heavy (non-hydrogen) atoms. The van der Waals surface area contributed by atoms with Gasteiger partial charge in [0.05, 0.1) is 0 Å². The van der Waals surface area contributed by atoms with Gasteiger partial charge in [0.15, 0.2) is 0 Å². The maximum atomic E-state index is 13.5. The lowest BCUT2D eigenvalue weighted by molar-refractivity contribution is 0.284. The van der Waals surface area contributed by atoms with E-state index in [-0.39, 0.29) is 12.4 Å². The molecule has 0 heterocycles. The number of aryl methyl sites for hydroxylation is 1. The molecule has 0 spiro atoms. The maximum absolute atomic E-state index is 13.5. The predicted octanol–water partition coefficient (Wildman–Crippen LogP) is 3.75. The van der Waals surface area contributed by atoms with Gasteiger partial charge in [0.1, 0.15) is 5.82 Å². The summed E-state index contributed by atoms with van der Waals surface area (Å²) < 4.78 is 13.5. The monoisotopic (exact) mass is 273 g/mol. The molecule has 2 nitrogen and oxygen atoms in total. The lowest BCUT2D eigenvalue weighted by Crippen LogP contribution is -2.01. The van der Waals surface area contributed by atoms with Crippen molar-refractivity contribution in [2.75, 3.05) is 11.9 Å². The van der Waals surface area contributed by atoms with E-state index in [9.17, 15) is 4.39 Å². The Hall–Kier alpha value is -1.87. The maximum Gasteiger partial charge on any atom is 0.128 e. The second-order valence-corrected chi connectivity index (χ2v) is 4.82. The quantitative estimate of drug-likeness (QED) is 0.753. The highest BCUT2D eigenvalue weighted by Crippen LogP contribution is 2.14. The summed E-state index contributed by atoms with van der Waals surface area (Å²) in [6, 6.07) is 14.9. The fourth-order valence-corrected chi connectivity index (χ4v) is 2.07. The summed E-state index contributed by atoms with van der Waals surface area (Å²) in [6.07, 6.45) is 2.82. The highest BCUT2D eigenvalue weighted by Gasteiger charge is 2.00. The van der Waals surface area contributed by atoms with Crippen LogP contribution in [-0.4, -0.2) is 11.7 Å². The zero-order valence-corrected chi connectivity index (χ0v) is 11.5. The van der Waals surface area contributed by atoms with E-state index < -0.39 is 0 Å². The van der Waals surface area contributed by atoms with E-state index in [1.54, 1.807) is 12.1 Å². The van der Waals surface area contributed by atoms with Gasteiger partial charge in [-0.3, -0.25) is 0 Å². The molecule has 0 unspecified atom stereocenters. The molecular formula is C17H20FNO. The number of anilines is 1. The Labute approximate surface area is 119 Å². The van der Waals surface area contributed by atoms with Gasteiger partial charge in [-0.1, -0.05) is 30.3 Å². The summed E-state index contributed by atoms with van der Waals surface area (Å²) in [4.78, 5) is 0. The van der Waals surface area contributed by atoms with Crippen LogP contribution in [-0.2, 0) is 13.0 Å². The molecule has 0 radical (unpaired) electrons. The molecule has 0 saturated carbocycles. The van der Waals surface area contributed by atoms with Crippen LogP contribution >= 0.6 is 0 Å². The second-order valence-electron chi connectivity index (χ2n) is 4.82. The van der Waals surface area contributed by atoms with Crippen molar-refractivity contribution < 1.29 is 9.50 Å². The number of rotatable bonds is 7. The minimum absolute atomic E-state index is 0.180. The smallest absolute Gasteiger partial charge is 0.128 e. The Morgan fingerprint density at radius 3 is 2.40 bits per heavy atom. The Kier molecular flexibility index (Phi) is 5.56. The molecule has 106 valence electrons. The van der Waals surface area contributed by atoms with Crippen molar-refractivity contribution in [2.24, 2.45) is 0 Å². The van der Waals surface area contributed by atoms with Crippen LogP contribution in [0.5, 0.6) is 0 Å². The van der Waals surface area contributed by atoms with Crippen molar-refractivity contribution in [2.45, 2.75) is 25.8 Å². The Morgan fingerprint density at radius 2 is 1.70 bits per heavy atom. The number of halogens is 1. The van der Waals surface area contributed by atoms with Gasteiger partial charge in [-0.05, 0) is 43.0 Å². The normalized spacial score (nSPS) is 10.5. The van der Waals surface area contributed by atoms with Crippen LogP contribution in [0.4, 0.5) is 10.1 Å². The number of hydrogen-bond donors (Lipinski definition) is 2. The van der Waals surface area contributed by atoms with Crippen LogP contribution in [0.15, 0.2) is 48.5 Å². The van der Waals surface area contributed by atoms with E-state index in [4.69, 9.17) is 5.11 Å². The number of aliphatic hydroxyl groups excluding tert-OH is 1. The largest absolute Gasteiger partial charge is 0.396 e. The van der Waals surface area contributed by atoms with Crippen molar-refractivity contribution in [1.29, 1.82) is 0 Å². The van der Waals surface area contributed by atoms with Crippen LogP contribution in [0.1, 0.15) is 24.0 Å². The van der Waals surface area contributed by atoms with E-state index in [0.717, 1.165) is 24.9 Å². The van der Waals surface area contributed by atoms with Crippen LogP contribution in [0.25, 0.3) is 0 Å². The van der Waals surface area contributed by atoms with Gasteiger partial charge in [-0.15, -0.1) is 0 Å². The Bertz CT molecular complexity index is 525. The summed E-state index contributed by atoms with van der Waals surface area (Å²) in [5.74, 6) is -0.180. The molecule has 0 atom stereocenters. The van der Waals surface area contributed by atoms with Crippen molar-refractivity contribution in [1.82, 2.24) is 0 Å². The van der Waals surface area contributed by atoms with Crippen molar-refractivity contribution in [3.63, 3.8) is 0 Å². The van der Waals surface area contributed by atoms with E-state index in [2.05, 4.69) is 17.4 Å². The summed E-state index contributed by atoms with van der Waals surface area (Å²) >= 11 is 0. The third kappa shape index (κ3) is 4.35. The van der Waals surface area contributed by atoms with Gasteiger partial charge in [0.25, 0.3) is 0 Å². The average molecular weight is 273 g/mol. The zero-order valence-electron chi connectivity index (χ0n) is 11.5. The summed E-state index contributed by atoms with van der Waals surface area (Å²) in [5.41, 5.74) is 2.91. The van der Waals surface area contributed by atoms with Gasteiger partial charge >= 0.3 is 0 Å². The molecule has 2 aromatic carbocycles. The molecule has 0 bridgehead atoms. The summed E-state index contributed by atoms with van der Waals surface area (Å²) in [7, 11) is 0. The number of aliphatic hydroxyl groups is 1. The van der Waals surface area contributed by atoms with Crippen LogP contribution in [0, 0.1) is 5.82 Å². The van der Waals surface area contributed by atoms with Crippen LogP contribution in [0.3, 0.4) is 0 Å². The molecule has 2 rings (SSSR count). The first kappa shape index (κ1) is 14.5. The van der Waals surface area contributed by atoms with Gasteiger partial charge in [-0.25, -0.2) is 4.39 Å². The number of unbranched alkanes of at least 4 members (excludes halogenated alkanes) is 1. The molecule has 2 N–H and O–H groups in total. The molecule has 0 amide bonds. The van der Waals surface area contributed by atoms with Gasteiger partial charge in [0, 0.05) is 24.4 Å². The molecule has 0 aliphatic carbocycles. The highest BCUT2D eigenvalue weighted by atomic mass is 19.1. The topological polar surface area (TPSA) is 32.3 Å². The molecule has 0 aromatic heterocycles. The minimum Gasteiger partial charge on any atom is -0.396 e. The second kappa shape index (κ2) is 7.65. The standard InChI is InChI=1S/C17H20FNO/c18-17-7-2-1-6-15(17)13-19-16-10-8-14(9-11-16)5-3-4-12-20/h1-2,6-11,19-20H,3-5,12-13H2. The third-order valence-corrected chi connectivity index (χ3v) is 3.27. The lowest BCUT2D eigenvalue weighted by Gasteiger charge is -2.08. The fourth-order valence-electron chi connectivity index (χ4n) is 2.07. The SMILES string of the molecule is OCCCCc1ccc(NCc2ccccc2F)cc1. The first-order valence-corrected chi connectivity index (χ1v) is 6.96. The van der Waals surface area contributed by atoms with Crippen molar-refractivity contribution in [3.8, 4) is 0 Å². The molecule has 2 aromatic rings. The third-order valence-electron chi connectivity index (χ3n) is 3.27. The van der Waals surface area contributed by atoms with Gasteiger partial charge in [-0.2, -0.15) is 0 Å². The Morgan fingerprint density at radius 1 is 0.950 bits per heavy atom. The fraction of sp³-hybridized carbons (Fsp3) is 0.294. The minimum atomic E-state index is -0.180. The summed E-state index contributed by atoms with van der Waals surface area (Å²) in [6.45, 7) is 0.735. The molecule has 0 fully saturated rings. The lowest BCUT2D eigenvalue weighted by atomic mass is 10.1. The average Bonchev–Trinajstić information content (AvgIpc) is 2.48. The highest BCUT2D eigenvalue weighted by molar-refractivity contribution is 5.45. The molecule has 0 saturated heterocycles. The number of nitrogens with one attached hydrogen (secondary N) is 1. The first-order chi connectivity index (χ1) is 9.79. The Balaban J connectivity index is 1.86. The molecule has 0 aliphatic heterocycles. The van der Waals surface area contributed by atoms with Gasteiger partial charge < -0.3 is 10.4 Å². The van der Waals surface area contributed by atoms with Crippen LogP contribution < -0.4 is 5.32 Å². The first-order valence-electron chi connectivity index (χ1n) is 6.96. The van der Waals surface area contributed by atoms with E-state index >= 15 is 0 Å². The summed E-state index contributed by atoms with van der Waals surface area (Å²) in [5, 5.41) is 12.0. The van der Waals surface area contributed by atoms with E-state index in [1.165, 1.54) is 11.6 Å². The van der Waals surface area contributed by atoms with Gasteiger partial charge in [0.2, 0.25) is 0 Å². The van der Waals surface area contributed by atoms with E-state index in [1.807, 2.05) is 18.2 Å². The number of hydrogen-bond acceptors (Lipinski definition) is 2. The van der Waals surface area contributed by atoms with Crippen molar-refractivity contribution >= 4 is 5.69 Å². The van der Waals surface area contributed by atoms with E-state index in [0.29, 0.717) is 12.1 Å². The molecule has 3 heteroatoms. The number of benzene rings is 2. The molecule has 0 aliphatic rings. The zero-order chi connectivity index (χ0) is 14.2. The van der Waals surface area contributed by atoms with Crippen LogP contribution in [0.2, 0.25) is 0 Å². The predicted molar refractivity (Wildman–Crippen MR) is 80.2 cm³/mol. The molecular weight excluding hydrogens is 253 g/mol. The van der Waals surface area contributed by atoms with Crippen molar-refractivity contribution in [3.05, 3.63) is 65.5 Å².